The highest BCUT2D eigenvalue weighted by molar-refractivity contribution is 5.85. The summed E-state index contributed by atoms with van der Waals surface area (Å²) in [6, 6.07) is 8.28. The number of nitrogens with two attached hydrogens (primary N) is 1. The van der Waals surface area contributed by atoms with Crippen molar-refractivity contribution in [3.63, 3.8) is 0 Å². The van der Waals surface area contributed by atoms with Crippen LogP contribution in [0, 0.1) is 6.42 Å². The van der Waals surface area contributed by atoms with Crippen LogP contribution in [0.15, 0.2) is 30.3 Å². The van der Waals surface area contributed by atoms with E-state index in [0.717, 1.165) is 6.42 Å². The Kier molecular flexibility index (Phi) is 7.28. The predicted molar refractivity (Wildman–Crippen MR) is 86.1 cm³/mol. The second kappa shape index (κ2) is 8.73. The molecular formula is C17H23F2N2O3. The topological polar surface area (TPSA) is 92.4 Å². The number of carbonyl (C=O) groups excluding carboxylic acids is 2. The highest BCUT2D eigenvalue weighted by atomic mass is 19.3. The predicted octanol–water partition coefficient (Wildman–Crippen LogP) is 1.59. The standard InChI is InChI=1S/C17H23F2N2O3/c1-16(12-22,9-7-14(20)23)21-15(24)8-10-17(18,19)11-13-5-3-2-4-6-13/h2-6,8,22H,7,9-12H2,1H3,(H2,20,23)(H,21,24)/t16-/m0/s1. The lowest BCUT2D eigenvalue weighted by molar-refractivity contribution is -0.123. The highest BCUT2D eigenvalue weighted by Gasteiger charge is 2.32. The third kappa shape index (κ3) is 7.50. The molecule has 133 valence electrons. The fourth-order valence-corrected chi connectivity index (χ4v) is 2.14. The maximum Gasteiger partial charge on any atom is 0.252 e. The minimum absolute atomic E-state index is 0.0263. The molecule has 4 N–H and O–H groups in total. The number of aliphatic hydroxyl groups is 1. The molecule has 0 aliphatic rings. The number of benzene rings is 1. The first-order valence-corrected chi connectivity index (χ1v) is 7.62. The molecule has 0 bridgehead atoms. The number of hydrogen-bond acceptors (Lipinski definition) is 3. The Hall–Kier alpha value is -2.02. The molecule has 1 aromatic rings. The Labute approximate surface area is 140 Å². The van der Waals surface area contributed by atoms with Gasteiger partial charge in [-0.3, -0.25) is 9.59 Å². The summed E-state index contributed by atoms with van der Waals surface area (Å²) in [4.78, 5) is 22.6. The monoisotopic (exact) mass is 341 g/mol. The summed E-state index contributed by atoms with van der Waals surface area (Å²) in [6.45, 7) is 1.09. The van der Waals surface area contributed by atoms with Gasteiger partial charge in [0.2, 0.25) is 11.8 Å². The van der Waals surface area contributed by atoms with Crippen molar-refractivity contribution in [1.82, 2.24) is 5.32 Å². The van der Waals surface area contributed by atoms with Crippen molar-refractivity contribution in [2.75, 3.05) is 6.61 Å². The van der Waals surface area contributed by atoms with Gasteiger partial charge >= 0.3 is 0 Å². The molecule has 1 rings (SSSR count). The molecule has 1 aromatic carbocycles. The number of nitrogens with one attached hydrogen (secondary N) is 1. The van der Waals surface area contributed by atoms with Crippen molar-refractivity contribution >= 4 is 11.8 Å². The average Bonchev–Trinajstić information content (AvgIpc) is 2.52. The second-order valence-electron chi connectivity index (χ2n) is 6.10. The summed E-state index contributed by atoms with van der Waals surface area (Å²) in [5, 5.41) is 11.8. The van der Waals surface area contributed by atoms with E-state index in [1.165, 1.54) is 6.92 Å². The summed E-state index contributed by atoms with van der Waals surface area (Å²) in [7, 11) is 0. The Balaban J connectivity index is 2.50. The molecule has 0 aromatic heterocycles. The number of aliphatic hydroxyl groups excluding tert-OH is 1. The van der Waals surface area contributed by atoms with E-state index in [0.29, 0.717) is 5.56 Å². The minimum atomic E-state index is -3.05. The van der Waals surface area contributed by atoms with Gasteiger partial charge in [-0.05, 0) is 18.9 Å². The quantitative estimate of drug-likeness (QED) is 0.603. The molecule has 1 radical (unpaired) electrons. The molecule has 24 heavy (non-hydrogen) atoms. The van der Waals surface area contributed by atoms with E-state index in [-0.39, 0.29) is 12.8 Å². The van der Waals surface area contributed by atoms with Crippen LogP contribution < -0.4 is 11.1 Å². The molecule has 1 atom stereocenters. The fraction of sp³-hybridized carbons (Fsp3) is 0.471. The molecule has 0 aliphatic heterocycles. The molecule has 0 heterocycles. The molecule has 5 nitrogen and oxygen atoms in total. The van der Waals surface area contributed by atoms with Crippen LogP contribution >= 0.6 is 0 Å². The van der Waals surface area contributed by atoms with E-state index in [9.17, 15) is 23.5 Å². The number of alkyl halides is 2. The maximum atomic E-state index is 13.9. The largest absolute Gasteiger partial charge is 0.394 e. The third-order valence-electron chi connectivity index (χ3n) is 3.59. The third-order valence-corrected chi connectivity index (χ3v) is 3.59. The van der Waals surface area contributed by atoms with E-state index in [1.54, 1.807) is 30.3 Å². The van der Waals surface area contributed by atoms with Gasteiger partial charge < -0.3 is 16.2 Å². The maximum absolute atomic E-state index is 13.9. The summed E-state index contributed by atoms with van der Waals surface area (Å²) >= 11 is 0. The number of hydrogen-bond donors (Lipinski definition) is 3. The first-order chi connectivity index (χ1) is 11.2. The molecule has 0 aliphatic carbocycles. The van der Waals surface area contributed by atoms with Gasteiger partial charge in [0, 0.05) is 19.3 Å². The molecule has 0 saturated heterocycles. The molecule has 0 fully saturated rings. The zero-order valence-corrected chi connectivity index (χ0v) is 13.6. The van der Waals surface area contributed by atoms with Crippen molar-refractivity contribution in [3.05, 3.63) is 42.3 Å². The molecule has 0 spiro atoms. The van der Waals surface area contributed by atoms with Gasteiger partial charge in [0.15, 0.2) is 0 Å². The van der Waals surface area contributed by atoms with Crippen molar-refractivity contribution in [3.8, 4) is 0 Å². The van der Waals surface area contributed by atoms with E-state index >= 15 is 0 Å². The summed E-state index contributed by atoms with van der Waals surface area (Å²) in [6.07, 6.45) is -0.219. The normalized spacial score (nSPS) is 14.0. The van der Waals surface area contributed by atoms with Crippen molar-refractivity contribution in [1.29, 1.82) is 0 Å². The van der Waals surface area contributed by atoms with Crippen molar-refractivity contribution in [2.24, 2.45) is 5.73 Å². The first kappa shape index (κ1) is 20.0. The van der Waals surface area contributed by atoms with Gasteiger partial charge in [-0.2, -0.15) is 0 Å². The van der Waals surface area contributed by atoms with Crippen LogP contribution in [0.1, 0.15) is 31.7 Å². The van der Waals surface area contributed by atoms with Crippen LogP contribution in [0.3, 0.4) is 0 Å². The zero-order valence-electron chi connectivity index (χ0n) is 13.6. The number of carbonyl (C=O) groups is 2. The lowest BCUT2D eigenvalue weighted by atomic mass is 9.95. The molecule has 7 heteroatoms. The Morgan fingerprint density at radius 3 is 2.46 bits per heavy atom. The number of halogens is 2. The Morgan fingerprint density at radius 2 is 1.92 bits per heavy atom. The van der Waals surface area contributed by atoms with Gasteiger partial charge in [0.1, 0.15) is 0 Å². The smallest absolute Gasteiger partial charge is 0.252 e. The lowest BCUT2D eigenvalue weighted by Gasteiger charge is -2.28. The first-order valence-electron chi connectivity index (χ1n) is 7.62. The second-order valence-corrected chi connectivity index (χ2v) is 6.10. The summed E-state index contributed by atoms with van der Waals surface area (Å²) in [5.74, 6) is -4.34. The SMILES string of the molecule is C[C@@](CO)(CCC(N)=O)NC(=O)[CH]CC(F)(F)Cc1ccccc1. The van der Waals surface area contributed by atoms with Gasteiger partial charge in [-0.1, -0.05) is 30.3 Å². The van der Waals surface area contributed by atoms with Crippen LogP contribution in [0.4, 0.5) is 8.78 Å². The van der Waals surface area contributed by atoms with Gasteiger partial charge in [0.05, 0.1) is 18.6 Å². The number of rotatable bonds is 10. The van der Waals surface area contributed by atoms with E-state index in [2.05, 4.69) is 5.32 Å². The van der Waals surface area contributed by atoms with Gasteiger partial charge in [-0.15, -0.1) is 0 Å². The Bertz CT molecular complexity index is 552. The highest BCUT2D eigenvalue weighted by Crippen LogP contribution is 2.25. The molecule has 0 unspecified atom stereocenters. The molecule has 2 amide bonds. The van der Waals surface area contributed by atoms with Crippen LogP contribution in [-0.2, 0) is 16.0 Å². The van der Waals surface area contributed by atoms with E-state index in [1.807, 2.05) is 0 Å². The fourth-order valence-electron chi connectivity index (χ4n) is 2.14. The minimum Gasteiger partial charge on any atom is -0.394 e. The number of amides is 2. The van der Waals surface area contributed by atoms with Crippen LogP contribution in [-0.4, -0.2) is 35.0 Å². The average molecular weight is 341 g/mol. The van der Waals surface area contributed by atoms with Crippen LogP contribution in [0.2, 0.25) is 0 Å². The summed E-state index contributed by atoms with van der Waals surface area (Å²) < 4.78 is 27.8. The van der Waals surface area contributed by atoms with E-state index in [4.69, 9.17) is 5.73 Å². The van der Waals surface area contributed by atoms with Gasteiger partial charge in [-0.25, -0.2) is 8.78 Å². The Morgan fingerprint density at radius 1 is 1.29 bits per heavy atom. The number of primary amides is 1. The van der Waals surface area contributed by atoms with Crippen LogP contribution in [0.25, 0.3) is 0 Å². The zero-order chi connectivity index (χ0) is 18.2. The van der Waals surface area contributed by atoms with Crippen molar-refractivity contribution < 1.29 is 23.5 Å². The molecular weight excluding hydrogens is 318 g/mol. The van der Waals surface area contributed by atoms with E-state index < -0.39 is 42.7 Å². The van der Waals surface area contributed by atoms with Crippen molar-refractivity contribution in [2.45, 2.75) is 44.1 Å². The lowest BCUT2D eigenvalue weighted by Crippen LogP contribution is -2.49. The summed E-state index contributed by atoms with van der Waals surface area (Å²) in [5.41, 5.74) is 4.43. The molecule has 0 saturated carbocycles. The van der Waals surface area contributed by atoms with Gasteiger partial charge in [0.25, 0.3) is 5.92 Å². The van der Waals surface area contributed by atoms with Crippen LogP contribution in [0.5, 0.6) is 0 Å².